The van der Waals surface area contributed by atoms with E-state index in [1.54, 1.807) is 11.3 Å². The van der Waals surface area contributed by atoms with E-state index in [0.717, 1.165) is 13.1 Å². The Morgan fingerprint density at radius 3 is 3.00 bits per heavy atom. The molecule has 1 aliphatic heterocycles. The van der Waals surface area contributed by atoms with Gasteiger partial charge in [0.2, 0.25) is 0 Å². The van der Waals surface area contributed by atoms with Gasteiger partial charge in [0.1, 0.15) is 0 Å². The number of hydrogen-bond donors (Lipinski definition) is 1. The highest BCUT2D eigenvalue weighted by Crippen LogP contribution is 2.26. The van der Waals surface area contributed by atoms with Crippen LogP contribution in [0.1, 0.15) is 27.2 Å². The molecule has 0 saturated carbocycles. The summed E-state index contributed by atoms with van der Waals surface area (Å²) in [5.74, 6) is 0. The van der Waals surface area contributed by atoms with Gasteiger partial charge in [-0.05, 0) is 31.7 Å². The summed E-state index contributed by atoms with van der Waals surface area (Å²) in [6.45, 7) is 9.02. The van der Waals surface area contributed by atoms with Crippen molar-refractivity contribution in [2.75, 3.05) is 18.0 Å². The van der Waals surface area contributed by atoms with Gasteiger partial charge in [-0.3, -0.25) is 0 Å². The van der Waals surface area contributed by atoms with Crippen LogP contribution in [0.25, 0.3) is 0 Å². The number of nitrogens with zero attached hydrogens (tertiary/aromatic N) is 1. The molecule has 0 aliphatic carbocycles. The molecular formula is C12H20N2S. The van der Waals surface area contributed by atoms with Gasteiger partial charge in [-0.2, -0.15) is 11.3 Å². The first kappa shape index (κ1) is 11.0. The molecule has 1 saturated heterocycles. The number of piperazine rings is 1. The molecule has 1 fully saturated rings. The van der Waals surface area contributed by atoms with Crippen LogP contribution < -0.4 is 10.2 Å². The van der Waals surface area contributed by atoms with Crippen LogP contribution in [0.15, 0.2) is 16.8 Å². The van der Waals surface area contributed by atoms with Crippen LogP contribution in [0.4, 0.5) is 5.69 Å². The van der Waals surface area contributed by atoms with Crippen molar-refractivity contribution in [2.45, 2.75) is 38.8 Å². The molecule has 15 heavy (non-hydrogen) atoms. The first-order valence-electron chi connectivity index (χ1n) is 5.66. The molecule has 1 unspecified atom stereocenters. The second-order valence-electron chi connectivity index (χ2n) is 4.94. The maximum Gasteiger partial charge on any atom is 0.0478 e. The van der Waals surface area contributed by atoms with Gasteiger partial charge in [-0.1, -0.05) is 6.92 Å². The highest BCUT2D eigenvalue weighted by molar-refractivity contribution is 7.08. The fourth-order valence-electron chi connectivity index (χ4n) is 2.20. The predicted octanol–water partition coefficient (Wildman–Crippen LogP) is 2.71. The second-order valence-corrected chi connectivity index (χ2v) is 5.72. The molecule has 2 nitrogen and oxygen atoms in total. The summed E-state index contributed by atoms with van der Waals surface area (Å²) in [6, 6.07) is 2.88. The monoisotopic (exact) mass is 224 g/mol. The number of hydrogen-bond acceptors (Lipinski definition) is 3. The van der Waals surface area contributed by atoms with E-state index in [0.29, 0.717) is 6.04 Å². The Morgan fingerprint density at radius 1 is 1.60 bits per heavy atom. The third-order valence-electron chi connectivity index (χ3n) is 3.13. The average molecular weight is 224 g/mol. The third-order valence-corrected chi connectivity index (χ3v) is 3.80. The smallest absolute Gasteiger partial charge is 0.0478 e. The average Bonchev–Trinajstić information content (AvgIpc) is 2.69. The summed E-state index contributed by atoms with van der Waals surface area (Å²) >= 11 is 1.78. The highest BCUT2D eigenvalue weighted by Gasteiger charge is 2.31. The number of thiophene rings is 1. The van der Waals surface area contributed by atoms with Gasteiger partial charge in [-0.15, -0.1) is 0 Å². The molecule has 0 amide bonds. The van der Waals surface area contributed by atoms with Gasteiger partial charge in [0.05, 0.1) is 0 Å². The number of rotatable bonds is 2. The number of nitrogens with one attached hydrogen (secondary N) is 1. The molecular weight excluding hydrogens is 204 g/mol. The molecule has 1 aliphatic rings. The SMILES string of the molecule is CCC1CNC(C)(C)CN1c1ccsc1. The lowest BCUT2D eigenvalue weighted by atomic mass is 9.97. The van der Waals surface area contributed by atoms with Gasteiger partial charge in [0.15, 0.2) is 0 Å². The van der Waals surface area contributed by atoms with Crippen molar-refractivity contribution in [2.24, 2.45) is 0 Å². The zero-order chi connectivity index (χ0) is 10.9. The zero-order valence-electron chi connectivity index (χ0n) is 9.79. The van der Waals surface area contributed by atoms with Crippen molar-refractivity contribution >= 4 is 17.0 Å². The van der Waals surface area contributed by atoms with Gasteiger partial charge in [0, 0.05) is 35.7 Å². The van der Waals surface area contributed by atoms with Gasteiger partial charge in [-0.25, -0.2) is 0 Å². The van der Waals surface area contributed by atoms with Crippen LogP contribution in [0, 0.1) is 0 Å². The molecule has 1 aromatic rings. The lowest BCUT2D eigenvalue weighted by Gasteiger charge is -2.45. The van der Waals surface area contributed by atoms with E-state index < -0.39 is 0 Å². The van der Waals surface area contributed by atoms with Crippen LogP contribution in [0.5, 0.6) is 0 Å². The Labute approximate surface area is 96.3 Å². The fourth-order valence-corrected chi connectivity index (χ4v) is 2.85. The first-order valence-corrected chi connectivity index (χ1v) is 6.60. The molecule has 1 aromatic heterocycles. The first-order chi connectivity index (χ1) is 7.12. The van der Waals surface area contributed by atoms with E-state index in [-0.39, 0.29) is 5.54 Å². The minimum atomic E-state index is 0.230. The van der Waals surface area contributed by atoms with Crippen molar-refractivity contribution in [3.8, 4) is 0 Å². The lowest BCUT2D eigenvalue weighted by molar-refractivity contribution is 0.306. The van der Waals surface area contributed by atoms with Crippen molar-refractivity contribution in [1.29, 1.82) is 0 Å². The molecule has 2 heterocycles. The van der Waals surface area contributed by atoms with E-state index in [4.69, 9.17) is 0 Å². The molecule has 0 aromatic carbocycles. The van der Waals surface area contributed by atoms with E-state index in [2.05, 4.69) is 47.8 Å². The van der Waals surface area contributed by atoms with Crippen molar-refractivity contribution < 1.29 is 0 Å². The Morgan fingerprint density at radius 2 is 2.40 bits per heavy atom. The van der Waals surface area contributed by atoms with E-state index in [9.17, 15) is 0 Å². The third kappa shape index (κ3) is 2.34. The molecule has 3 heteroatoms. The molecule has 0 bridgehead atoms. The van der Waals surface area contributed by atoms with Crippen molar-refractivity contribution in [3.05, 3.63) is 16.8 Å². The van der Waals surface area contributed by atoms with E-state index >= 15 is 0 Å². The van der Waals surface area contributed by atoms with Gasteiger partial charge < -0.3 is 10.2 Å². The topological polar surface area (TPSA) is 15.3 Å². The Hall–Kier alpha value is -0.540. The molecule has 1 N–H and O–H groups in total. The van der Waals surface area contributed by atoms with Crippen LogP contribution in [-0.4, -0.2) is 24.7 Å². The predicted molar refractivity (Wildman–Crippen MR) is 67.8 cm³/mol. The molecule has 0 radical (unpaired) electrons. The molecule has 2 rings (SSSR count). The van der Waals surface area contributed by atoms with Gasteiger partial charge >= 0.3 is 0 Å². The Kier molecular flexibility index (Phi) is 3.03. The summed E-state index contributed by atoms with van der Waals surface area (Å²) in [7, 11) is 0. The Bertz CT molecular complexity index is 305. The fraction of sp³-hybridized carbons (Fsp3) is 0.667. The largest absolute Gasteiger partial charge is 0.365 e. The molecule has 84 valence electrons. The lowest BCUT2D eigenvalue weighted by Crippen LogP contribution is -2.61. The standard InChI is InChI=1S/C12H20N2S/c1-4-10-7-13-12(2,3)9-14(10)11-5-6-15-8-11/h5-6,8,10,13H,4,7,9H2,1-3H3. The summed E-state index contributed by atoms with van der Waals surface area (Å²) in [5.41, 5.74) is 1.62. The summed E-state index contributed by atoms with van der Waals surface area (Å²) in [5, 5.41) is 8.03. The van der Waals surface area contributed by atoms with Crippen molar-refractivity contribution in [3.63, 3.8) is 0 Å². The molecule has 1 atom stereocenters. The van der Waals surface area contributed by atoms with Crippen LogP contribution in [0.2, 0.25) is 0 Å². The van der Waals surface area contributed by atoms with Crippen LogP contribution in [-0.2, 0) is 0 Å². The van der Waals surface area contributed by atoms with Crippen LogP contribution >= 0.6 is 11.3 Å². The van der Waals surface area contributed by atoms with Crippen LogP contribution in [0.3, 0.4) is 0 Å². The van der Waals surface area contributed by atoms with Crippen molar-refractivity contribution in [1.82, 2.24) is 5.32 Å². The quantitative estimate of drug-likeness (QED) is 0.831. The molecule has 0 spiro atoms. The highest BCUT2D eigenvalue weighted by atomic mass is 32.1. The van der Waals surface area contributed by atoms with E-state index in [1.165, 1.54) is 12.1 Å². The minimum absolute atomic E-state index is 0.230. The summed E-state index contributed by atoms with van der Waals surface area (Å²) in [6.07, 6.45) is 1.21. The second kappa shape index (κ2) is 4.14. The van der Waals surface area contributed by atoms with E-state index in [1.807, 2.05) is 0 Å². The maximum absolute atomic E-state index is 3.61. The summed E-state index contributed by atoms with van der Waals surface area (Å²) in [4.78, 5) is 2.55. The Balaban J connectivity index is 2.18. The summed E-state index contributed by atoms with van der Waals surface area (Å²) < 4.78 is 0. The zero-order valence-corrected chi connectivity index (χ0v) is 10.6. The van der Waals surface area contributed by atoms with Gasteiger partial charge in [0.25, 0.3) is 0 Å². The minimum Gasteiger partial charge on any atom is -0.365 e. The maximum atomic E-state index is 3.61. The number of anilines is 1. The normalized spacial score (nSPS) is 25.5.